The Hall–Kier alpha value is -2.07. The zero-order valence-corrected chi connectivity index (χ0v) is 10.3. The third-order valence-electron chi connectivity index (χ3n) is 2.73. The summed E-state index contributed by atoms with van der Waals surface area (Å²) in [6.07, 6.45) is 1.68. The Morgan fingerprint density at radius 1 is 1.22 bits per heavy atom. The zero-order valence-electron chi connectivity index (χ0n) is 10.3. The first-order chi connectivity index (χ1) is 8.83. The third-order valence-corrected chi connectivity index (χ3v) is 2.73. The van der Waals surface area contributed by atoms with Crippen LogP contribution in [-0.4, -0.2) is 18.6 Å². The minimum Gasteiger partial charge on any atom is -0.495 e. The number of pyridine rings is 1. The number of anilines is 1. The van der Waals surface area contributed by atoms with E-state index in [4.69, 9.17) is 10.5 Å². The van der Waals surface area contributed by atoms with E-state index in [1.807, 2.05) is 42.5 Å². The lowest BCUT2D eigenvalue weighted by Gasteiger charge is -2.17. The minimum absolute atomic E-state index is 0.0621. The van der Waals surface area contributed by atoms with Gasteiger partial charge in [-0.1, -0.05) is 30.3 Å². The third kappa shape index (κ3) is 2.99. The fourth-order valence-electron chi connectivity index (χ4n) is 1.73. The maximum absolute atomic E-state index is 5.79. The second-order valence-electron chi connectivity index (χ2n) is 3.93. The standard InChI is InChI=1S/C14H17N3O/c1-18-12-7-8-14(16-10-12)17-13(9-15)11-5-3-2-4-6-11/h2-8,10,13H,9,15H2,1H3,(H,16,17). The van der Waals surface area contributed by atoms with Crippen LogP contribution in [0.2, 0.25) is 0 Å². The summed E-state index contributed by atoms with van der Waals surface area (Å²) >= 11 is 0. The maximum Gasteiger partial charge on any atom is 0.137 e. The largest absolute Gasteiger partial charge is 0.495 e. The van der Waals surface area contributed by atoms with Gasteiger partial charge in [0.2, 0.25) is 0 Å². The Kier molecular flexibility index (Phi) is 4.15. The molecule has 0 radical (unpaired) electrons. The van der Waals surface area contributed by atoms with Crippen molar-refractivity contribution in [2.45, 2.75) is 6.04 Å². The van der Waals surface area contributed by atoms with Gasteiger partial charge in [0, 0.05) is 6.54 Å². The van der Waals surface area contributed by atoms with Crippen molar-refractivity contribution in [3.8, 4) is 5.75 Å². The number of nitrogens with two attached hydrogens (primary N) is 1. The van der Waals surface area contributed by atoms with Gasteiger partial charge in [0.05, 0.1) is 19.3 Å². The van der Waals surface area contributed by atoms with Gasteiger partial charge in [-0.15, -0.1) is 0 Å². The molecule has 1 heterocycles. The van der Waals surface area contributed by atoms with E-state index in [0.717, 1.165) is 17.1 Å². The zero-order chi connectivity index (χ0) is 12.8. The fraction of sp³-hybridized carbons (Fsp3) is 0.214. The summed E-state index contributed by atoms with van der Waals surface area (Å²) in [7, 11) is 1.62. The lowest BCUT2D eigenvalue weighted by molar-refractivity contribution is 0.413. The SMILES string of the molecule is COc1ccc(NC(CN)c2ccccc2)nc1. The summed E-state index contributed by atoms with van der Waals surface area (Å²) in [5, 5.41) is 3.30. The second-order valence-corrected chi connectivity index (χ2v) is 3.93. The molecule has 0 fully saturated rings. The molecule has 1 aromatic heterocycles. The predicted molar refractivity (Wildman–Crippen MR) is 72.6 cm³/mol. The molecule has 0 spiro atoms. The van der Waals surface area contributed by atoms with Crippen LogP contribution in [0, 0.1) is 0 Å². The summed E-state index contributed by atoms with van der Waals surface area (Å²) in [5.41, 5.74) is 6.94. The molecule has 2 rings (SSSR count). The molecule has 0 saturated heterocycles. The fourth-order valence-corrected chi connectivity index (χ4v) is 1.73. The molecule has 0 aliphatic heterocycles. The highest BCUT2D eigenvalue weighted by molar-refractivity contribution is 5.40. The van der Waals surface area contributed by atoms with Crippen molar-refractivity contribution >= 4 is 5.82 Å². The van der Waals surface area contributed by atoms with Crippen molar-refractivity contribution in [2.75, 3.05) is 19.0 Å². The number of nitrogens with one attached hydrogen (secondary N) is 1. The molecule has 0 aliphatic carbocycles. The number of benzene rings is 1. The van der Waals surface area contributed by atoms with E-state index >= 15 is 0 Å². The molecule has 3 N–H and O–H groups in total. The van der Waals surface area contributed by atoms with E-state index in [0.29, 0.717) is 6.54 Å². The molecule has 0 saturated carbocycles. The monoisotopic (exact) mass is 243 g/mol. The number of ether oxygens (including phenoxy) is 1. The first-order valence-electron chi connectivity index (χ1n) is 5.85. The van der Waals surface area contributed by atoms with Crippen molar-refractivity contribution in [1.29, 1.82) is 0 Å². The maximum atomic E-state index is 5.79. The first kappa shape index (κ1) is 12.4. The molecular weight excluding hydrogens is 226 g/mol. The summed E-state index contributed by atoms with van der Waals surface area (Å²) in [6.45, 7) is 0.512. The van der Waals surface area contributed by atoms with Crippen LogP contribution in [0.3, 0.4) is 0 Å². The lowest BCUT2D eigenvalue weighted by atomic mass is 10.1. The molecule has 18 heavy (non-hydrogen) atoms. The molecule has 1 atom stereocenters. The van der Waals surface area contributed by atoms with E-state index in [2.05, 4.69) is 10.3 Å². The molecule has 1 unspecified atom stereocenters. The van der Waals surface area contributed by atoms with Crippen molar-refractivity contribution in [3.63, 3.8) is 0 Å². The average molecular weight is 243 g/mol. The number of hydrogen-bond donors (Lipinski definition) is 2. The van der Waals surface area contributed by atoms with E-state index in [1.165, 1.54) is 0 Å². The molecule has 0 aliphatic rings. The number of aromatic nitrogens is 1. The summed E-state index contributed by atoms with van der Waals surface area (Å²) in [6, 6.07) is 13.9. The van der Waals surface area contributed by atoms with E-state index in [1.54, 1.807) is 13.3 Å². The first-order valence-corrected chi connectivity index (χ1v) is 5.85. The summed E-state index contributed by atoms with van der Waals surface area (Å²) < 4.78 is 5.07. The predicted octanol–water partition coefficient (Wildman–Crippen LogP) is 2.20. The molecule has 4 heteroatoms. The summed E-state index contributed by atoms with van der Waals surface area (Å²) in [4.78, 5) is 4.27. The smallest absolute Gasteiger partial charge is 0.137 e. The van der Waals surface area contributed by atoms with Crippen molar-refractivity contribution < 1.29 is 4.74 Å². The molecule has 4 nitrogen and oxygen atoms in total. The Bertz CT molecular complexity index is 470. The Labute approximate surface area is 107 Å². The van der Waals surface area contributed by atoms with Crippen LogP contribution in [0.4, 0.5) is 5.82 Å². The van der Waals surface area contributed by atoms with Gasteiger partial charge in [0.25, 0.3) is 0 Å². The van der Waals surface area contributed by atoms with Crippen LogP contribution in [0.15, 0.2) is 48.7 Å². The minimum atomic E-state index is 0.0621. The molecule has 0 bridgehead atoms. The molecule has 1 aromatic carbocycles. The van der Waals surface area contributed by atoms with Gasteiger partial charge >= 0.3 is 0 Å². The van der Waals surface area contributed by atoms with Crippen molar-refractivity contribution in [3.05, 3.63) is 54.2 Å². The molecular formula is C14H17N3O. The van der Waals surface area contributed by atoms with E-state index in [9.17, 15) is 0 Å². The van der Waals surface area contributed by atoms with Crippen LogP contribution in [0.5, 0.6) is 5.75 Å². The molecule has 94 valence electrons. The second kappa shape index (κ2) is 6.02. The highest BCUT2D eigenvalue weighted by Gasteiger charge is 2.09. The van der Waals surface area contributed by atoms with Crippen molar-refractivity contribution in [2.24, 2.45) is 5.73 Å². The van der Waals surface area contributed by atoms with Gasteiger partial charge in [0.1, 0.15) is 11.6 Å². The lowest BCUT2D eigenvalue weighted by Crippen LogP contribution is -2.20. The average Bonchev–Trinajstić information content (AvgIpc) is 2.46. The number of methoxy groups -OCH3 is 1. The van der Waals surface area contributed by atoms with Gasteiger partial charge in [-0.25, -0.2) is 4.98 Å². The van der Waals surface area contributed by atoms with Gasteiger partial charge in [-0.05, 0) is 17.7 Å². The quantitative estimate of drug-likeness (QED) is 0.845. The number of rotatable bonds is 5. The van der Waals surface area contributed by atoms with E-state index < -0.39 is 0 Å². The molecule has 2 aromatic rings. The van der Waals surface area contributed by atoms with Gasteiger partial charge in [-0.2, -0.15) is 0 Å². The number of nitrogens with zero attached hydrogens (tertiary/aromatic N) is 1. The number of hydrogen-bond acceptors (Lipinski definition) is 4. The van der Waals surface area contributed by atoms with Gasteiger partial charge < -0.3 is 15.8 Å². The highest BCUT2D eigenvalue weighted by atomic mass is 16.5. The molecule has 0 amide bonds. The normalized spacial score (nSPS) is 11.9. The van der Waals surface area contributed by atoms with Crippen LogP contribution in [-0.2, 0) is 0 Å². The van der Waals surface area contributed by atoms with Crippen molar-refractivity contribution in [1.82, 2.24) is 4.98 Å². The van der Waals surface area contributed by atoms with Crippen LogP contribution in [0.1, 0.15) is 11.6 Å². The topological polar surface area (TPSA) is 60.2 Å². The summed E-state index contributed by atoms with van der Waals surface area (Å²) in [5.74, 6) is 1.53. The van der Waals surface area contributed by atoms with Crippen LogP contribution in [0.25, 0.3) is 0 Å². The Morgan fingerprint density at radius 3 is 2.56 bits per heavy atom. The van der Waals surface area contributed by atoms with Gasteiger partial charge in [-0.3, -0.25) is 0 Å². The van der Waals surface area contributed by atoms with Crippen LogP contribution < -0.4 is 15.8 Å². The Balaban J connectivity index is 2.10. The Morgan fingerprint density at radius 2 is 2.00 bits per heavy atom. The van der Waals surface area contributed by atoms with Crippen LogP contribution >= 0.6 is 0 Å². The van der Waals surface area contributed by atoms with E-state index in [-0.39, 0.29) is 6.04 Å². The van der Waals surface area contributed by atoms with Gasteiger partial charge in [0.15, 0.2) is 0 Å². The highest BCUT2D eigenvalue weighted by Crippen LogP contribution is 2.18.